The lowest BCUT2D eigenvalue weighted by Gasteiger charge is -2.31. The SMILES string of the molecule is O=C(CCl)NC1CCN(C(=O)c2cc(C3CC3)on2)CC1. The van der Waals surface area contributed by atoms with Gasteiger partial charge in [-0.05, 0) is 25.7 Å². The van der Waals surface area contributed by atoms with E-state index in [9.17, 15) is 9.59 Å². The largest absolute Gasteiger partial charge is 0.360 e. The minimum atomic E-state index is -0.160. The molecule has 21 heavy (non-hydrogen) atoms. The molecule has 1 aromatic heterocycles. The van der Waals surface area contributed by atoms with Gasteiger partial charge in [-0.1, -0.05) is 5.16 Å². The van der Waals surface area contributed by atoms with Crippen LogP contribution in [-0.2, 0) is 4.79 Å². The van der Waals surface area contributed by atoms with E-state index in [1.807, 2.05) is 0 Å². The number of alkyl halides is 1. The van der Waals surface area contributed by atoms with Gasteiger partial charge in [0.2, 0.25) is 5.91 Å². The summed E-state index contributed by atoms with van der Waals surface area (Å²) in [7, 11) is 0. The van der Waals surface area contributed by atoms with Gasteiger partial charge in [-0.2, -0.15) is 0 Å². The molecule has 1 aliphatic heterocycles. The van der Waals surface area contributed by atoms with Gasteiger partial charge in [0, 0.05) is 31.1 Å². The van der Waals surface area contributed by atoms with Gasteiger partial charge in [-0.3, -0.25) is 9.59 Å². The molecular formula is C14H18ClN3O3. The Kier molecular flexibility index (Phi) is 4.14. The molecule has 6 nitrogen and oxygen atoms in total. The molecule has 1 saturated carbocycles. The molecule has 0 bridgehead atoms. The van der Waals surface area contributed by atoms with Crippen molar-refractivity contribution in [1.29, 1.82) is 0 Å². The van der Waals surface area contributed by atoms with Crippen LogP contribution in [0, 0.1) is 0 Å². The maximum Gasteiger partial charge on any atom is 0.276 e. The summed E-state index contributed by atoms with van der Waals surface area (Å²) in [6.07, 6.45) is 3.71. The van der Waals surface area contributed by atoms with Crippen molar-refractivity contribution in [2.24, 2.45) is 0 Å². The predicted molar refractivity (Wildman–Crippen MR) is 76.3 cm³/mol. The first-order chi connectivity index (χ1) is 10.2. The number of halogens is 1. The Labute approximate surface area is 127 Å². The molecule has 0 radical (unpaired) electrons. The lowest BCUT2D eigenvalue weighted by molar-refractivity contribution is -0.119. The molecule has 2 heterocycles. The number of amides is 2. The van der Waals surface area contributed by atoms with Crippen LogP contribution in [0.25, 0.3) is 0 Å². The minimum Gasteiger partial charge on any atom is -0.360 e. The normalized spacial score (nSPS) is 19.6. The van der Waals surface area contributed by atoms with Crippen molar-refractivity contribution in [3.05, 3.63) is 17.5 Å². The lowest BCUT2D eigenvalue weighted by Crippen LogP contribution is -2.46. The molecule has 2 amide bonds. The first-order valence-corrected chi connectivity index (χ1v) is 7.82. The number of hydrogen-bond donors (Lipinski definition) is 1. The van der Waals surface area contributed by atoms with Crippen LogP contribution in [0.1, 0.15) is 47.8 Å². The molecule has 1 aromatic rings. The van der Waals surface area contributed by atoms with Crippen LogP contribution in [0.5, 0.6) is 0 Å². The van der Waals surface area contributed by atoms with E-state index in [0.717, 1.165) is 31.4 Å². The Morgan fingerprint density at radius 2 is 2.05 bits per heavy atom. The average molecular weight is 312 g/mol. The van der Waals surface area contributed by atoms with Crippen molar-refractivity contribution in [1.82, 2.24) is 15.4 Å². The van der Waals surface area contributed by atoms with Crippen molar-refractivity contribution in [3.63, 3.8) is 0 Å². The van der Waals surface area contributed by atoms with Crippen LogP contribution < -0.4 is 5.32 Å². The fraction of sp³-hybridized carbons (Fsp3) is 0.643. The van der Waals surface area contributed by atoms with E-state index in [-0.39, 0.29) is 23.7 Å². The summed E-state index contributed by atoms with van der Waals surface area (Å²) in [4.78, 5) is 25.3. The topological polar surface area (TPSA) is 75.4 Å². The molecule has 3 rings (SSSR count). The number of carbonyl (C=O) groups excluding carboxylic acids is 2. The number of hydrogen-bond acceptors (Lipinski definition) is 4. The maximum atomic E-state index is 12.3. The van der Waals surface area contributed by atoms with Crippen LogP contribution in [0.15, 0.2) is 10.6 Å². The van der Waals surface area contributed by atoms with Gasteiger partial charge in [0.15, 0.2) is 5.69 Å². The van der Waals surface area contributed by atoms with Gasteiger partial charge in [0.25, 0.3) is 5.91 Å². The summed E-state index contributed by atoms with van der Waals surface area (Å²) in [5.74, 6) is 1.00. The van der Waals surface area contributed by atoms with Gasteiger partial charge in [-0.15, -0.1) is 11.6 Å². The third-order valence-corrected chi connectivity index (χ3v) is 4.24. The molecular weight excluding hydrogens is 294 g/mol. The maximum absolute atomic E-state index is 12.3. The summed E-state index contributed by atoms with van der Waals surface area (Å²) < 4.78 is 5.22. The number of nitrogens with zero attached hydrogens (tertiary/aromatic N) is 2. The number of rotatable bonds is 4. The summed E-state index contributed by atoms with van der Waals surface area (Å²) in [6, 6.07) is 1.86. The van der Waals surface area contributed by atoms with E-state index in [1.165, 1.54) is 0 Å². The van der Waals surface area contributed by atoms with Crippen LogP contribution >= 0.6 is 11.6 Å². The second-order valence-corrected chi connectivity index (χ2v) is 5.92. The molecule has 0 spiro atoms. The Bertz CT molecular complexity index is 533. The zero-order chi connectivity index (χ0) is 14.8. The third kappa shape index (κ3) is 3.37. The minimum absolute atomic E-state index is 0.0258. The number of aromatic nitrogens is 1. The molecule has 1 aliphatic carbocycles. The predicted octanol–water partition coefficient (Wildman–Crippen LogP) is 1.51. The van der Waals surface area contributed by atoms with Crippen LogP contribution in [0.2, 0.25) is 0 Å². The highest BCUT2D eigenvalue weighted by molar-refractivity contribution is 6.27. The summed E-state index contributed by atoms with van der Waals surface area (Å²) in [5.41, 5.74) is 0.389. The van der Waals surface area contributed by atoms with E-state index in [1.54, 1.807) is 11.0 Å². The van der Waals surface area contributed by atoms with E-state index in [2.05, 4.69) is 10.5 Å². The standard InChI is InChI=1S/C14H18ClN3O3/c15-8-13(19)16-10-3-5-18(6-4-10)14(20)11-7-12(21-17-11)9-1-2-9/h7,9-10H,1-6,8H2,(H,16,19). The molecule has 114 valence electrons. The van der Waals surface area contributed by atoms with Crippen LogP contribution in [0.4, 0.5) is 0 Å². The Morgan fingerprint density at radius 1 is 1.33 bits per heavy atom. The first-order valence-electron chi connectivity index (χ1n) is 7.28. The highest BCUT2D eigenvalue weighted by atomic mass is 35.5. The molecule has 0 aromatic carbocycles. The fourth-order valence-corrected chi connectivity index (χ4v) is 2.68. The number of nitrogens with one attached hydrogen (secondary N) is 1. The fourth-order valence-electron chi connectivity index (χ4n) is 2.61. The molecule has 1 N–H and O–H groups in total. The van der Waals surface area contributed by atoms with E-state index in [4.69, 9.17) is 16.1 Å². The quantitative estimate of drug-likeness (QED) is 0.855. The van der Waals surface area contributed by atoms with Gasteiger partial charge in [-0.25, -0.2) is 0 Å². The average Bonchev–Trinajstić information content (AvgIpc) is 3.24. The smallest absolute Gasteiger partial charge is 0.276 e. The van der Waals surface area contributed by atoms with Crippen molar-refractivity contribution < 1.29 is 14.1 Å². The van der Waals surface area contributed by atoms with Crippen LogP contribution in [-0.4, -0.2) is 46.9 Å². The van der Waals surface area contributed by atoms with Crippen molar-refractivity contribution in [3.8, 4) is 0 Å². The molecule has 2 fully saturated rings. The van der Waals surface area contributed by atoms with Gasteiger partial charge >= 0.3 is 0 Å². The summed E-state index contributed by atoms with van der Waals surface area (Å²) in [5, 5.41) is 6.73. The van der Waals surface area contributed by atoms with Gasteiger partial charge in [0.1, 0.15) is 11.6 Å². The second-order valence-electron chi connectivity index (χ2n) is 5.66. The Morgan fingerprint density at radius 3 is 2.67 bits per heavy atom. The molecule has 2 aliphatic rings. The number of carbonyl (C=O) groups is 2. The number of piperidine rings is 1. The molecule has 1 saturated heterocycles. The van der Waals surface area contributed by atoms with E-state index >= 15 is 0 Å². The van der Waals surface area contributed by atoms with Crippen molar-refractivity contribution in [2.45, 2.75) is 37.6 Å². The van der Waals surface area contributed by atoms with Gasteiger partial charge in [0.05, 0.1) is 0 Å². The Balaban J connectivity index is 1.53. The lowest BCUT2D eigenvalue weighted by atomic mass is 10.0. The molecule has 7 heteroatoms. The highest BCUT2D eigenvalue weighted by Crippen LogP contribution is 2.40. The Hall–Kier alpha value is -1.56. The van der Waals surface area contributed by atoms with Crippen LogP contribution in [0.3, 0.4) is 0 Å². The van der Waals surface area contributed by atoms with E-state index < -0.39 is 0 Å². The first kappa shape index (κ1) is 14.4. The zero-order valence-corrected chi connectivity index (χ0v) is 12.4. The van der Waals surface area contributed by atoms with Crippen molar-refractivity contribution in [2.75, 3.05) is 19.0 Å². The van der Waals surface area contributed by atoms with E-state index in [0.29, 0.717) is 24.7 Å². The molecule has 0 atom stereocenters. The molecule has 0 unspecified atom stereocenters. The third-order valence-electron chi connectivity index (χ3n) is 4.00. The number of likely N-dealkylation sites (tertiary alicyclic amines) is 1. The highest BCUT2D eigenvalue weighted by Gasteiger charge is 2.31. The second kappa shape index (κ2) is 6.05. The summed E-state index contributed by atoms with van der Waals surface area (Å²) >= 11 is 5.47. The zero-order valence-electron chi connectivity index (χ0n) is 11.7. The summed E-state index contributed by atoms with van der Waals surface area (Å²) in [6.45, 7) is 1.22. The monoisotopic (exact) mass is 311 g/mol. The van der Waals surface area contributed by atoms with Crippen molar-refractivity contribution >= 4 is 23.4 Å². The van der Waals surface area contributed by atoms with Gasteiger partial charge < -0.3 is 14.7 Å².